The van der Waals surface area contributed by atoms with Crippen molar-refractivity contribution >= 4 is 6.21 Å². The van der Waals surface area contributed by atoms with Crippen LogP contribution in [0.15, 0.2) is 77.0 Å². The summed E-state index contributed by atoms with van der Waals surface area (Å²) in [5, 5.41) is 0. The molecule has 0 aromatic rings. The van der Waals surface area contributed by atoms with E-state index >= 15 is 0 Å². The smallest absolute Gasteiger partial charge is 0.0345 e. The average molecular weight is 352 g/mol. The molecule has 1 saturated carbocycles. The van der Waals surface area contributed by atoms with Crippen LogP contribution in [0.4, 0.5) is 0 Å². The van der Waals surface area contributed by atoms with Gasteiger partial charge in [-0.25, -0.2) is 0 Å². The second-order valence-corrected chi connectivity index (χ2v) is 7.82. The monoisotopic (exact) mass is 351 g/mol. The summed E-state index contributed by atoms with van der Waals surface area (Å²) >= 11 is 0. The van der Waals surface area contributed by atoms with E-state index in [0.29, 0.717) is 5.92 Å². The van der Waals surface area contributed by atoms with Gasteiger partial charge in [-0.2, -0.15) is 0 Å². The highest BCUT2D eigenvalue weighted by molar-refractivity contribution is 5.86. The molecule has 0 bridgehead atoms. The second-order valence-electron chi connectivity index (χ2n) is 7.82. The highest BCUT2D eigenvalue weighted by atomic mass is 14.7. The molecule has 1 atom stereocenters. The zero-order valence-corrected chi connectivity index (χ0v) is 17.5. The first-order chi connectivity index (χ1) is 12.3. The van der Waals surface area contributed by atoms with Gasteiger partial charge in [0.2, 0.25) is 0 Å². The van der Waals surface area contributed by atoms with E-state index in [2.05, 4.69) is 63.7 Å². The van der Waals surface area contributed by atoms with Crippen molar-refractivity contribution in [3.05, 3.63) is 72.0 Å². The minimum Gasteiger partial charge on any atom is -0.262 e. The Balaban J connectivity index is 3.05. The zero-order chi connectivity index (χ0) is 19.7. The first kappa shape index (κ1) is 22.2. The van der Waals surface area contributed by atoms with Gasteiger partial charge in [0, 0.05) is 17.8 Å². The standard InChI is InChI=1S/C25H37N/c1-9-22(23(10-2)17-26-19(5)6)16-13-21(8)25(18(3)4)24-14-11-20(7)12-15-24/h9-10,13,16-17,20,24-25H,1,3,5,11-12,14-15H2,2,4,6-8H3/b21-13+,22-16+,23-10+,26-17?. The van der Waals surface area contributed by atoms with Gasteiger partial charge in [0.05, 0.1) is 0 Å². The quantitative estimate of drug-likeness (QED) is 0.242. The van der Waals surface area contributed by atoms with Crippen LogP contribution in [0.5, 0.6) is 0 Å². The fraction of sp³-hybridized carbons (Fsp3) is 0.480. The topological polar surface area (TPSA) is 12.4 Å². The molecular weight excluding hydrogens is 314 g/mol. The lowest BCUT2D eigenvalue weighted by atomic mass is 9.71. The minimum atomic E-state index is 0.475. The molecule has 1 aliphatic carbocycles. The third kappa shape index (κ3) is 6.78. The van der Waals surface area contributed by atoms with Crippen molar-refractivity contribution in [2.24, 2.45) is 22.7 Å². The average Bonchev–Trinajstić information content (AvgIpc) is 2.59. The predicted molar refractivity (Wildman–Crippen MR) is 119 cm³/mol. The summed E-state index contributed by atoms with van der Waals surface area (Å²) < 4.78 is 0. The van der Waals surface area contributed by atoms with E-state index in [0.717, 1.165) is 28.7 Å². The Bertz CT molecular complexity index is 631. The maximum atomic E-state index is 4.32. The van der Waals surface area contributed by atoms with Gasteiger partial charge < -0.3 is 0 Å². The number of rotatable bonds is 8. The summed E-state index contributed by atoms with van der Waals surface area (Å²) in [6.45, 7) is 22.8. The van der Waals surface area contributed by atoms with Crippen LogP contribution in [0, 0.1) is 17.8 Å². The van der Waals surface area contributed by atoms with Gasteiger partial charge in [0.1, 0.15) is 0 Å². The van der Waals surface area contributed by atoms with Gasteiger partial charge in [-0.15, -0.1) is 0 Å². The number of hydrogen-bond donors (Lipinski definition) is 0. The number of allylic oxidation sites excluding steroid dienone is 9. The Morgan fingerprint density at radius 2 is 1.62 bits per heavy atom. The third-order valence-corrected chi connectivity index (χ3v) is 5.37. The summed E-state index contributed by atoms with van der Waals surface area (Å²) in [5.74, 6) is 2.08. The molecule has 0 spiro atoms. The molecule has 1 rings (SSSR count). The van der Waals surface area contributed by atoms with Gasteiger partial charge in [-0.1, -0.05) is 75.0 Å². The molecule has 0 aliphatic heterocycles. The molecule has 1 nitrogen and oxygen atoms in total. The van der Waals surface area contributed by atoms with Crippen LogP contribution in [0.25, 0.3) is 0 Å². The Kier molecular flexibility index (Phi) is 9.34. The van der Waals surface area contributed by atoms with Gasteiger partial charge >= 0.3 is 0 Å². The third-order valence-electron chi connectivity index (χ3n) is 5.37. The minimum absolute atomic E-state index is 0.475. The van der Waals surface area contributed by atoms with Crippen LogP contribution >= 0.6 is 0 Å². The predicted octanol–water partition coefficient (Wildman–Crippen LogP) is 7.61. The Morgan fingerprint density at radius 1 is 1.00 bits per heavy atom. The Hall–Kier alpha value is -1.89. The summed E-state index contributed by atoms with van der Waals surface area (Å²) in [4.78, 5) is 4.32. The SMILES string of the molecule is C=CC(=C\C=C(/C)C(C(=C)C)C1CCC(C)CC1)/C(C=NC(=C)C)=C/C. The van der Waals surface area contributed by atoms with Crippen molar-refractivity contribution in [3.8, 4) is 0 Å². The highest BCUT2D eigenvalue weighted by Gasteiger charge is 2.27. The van der Waals surface area contributed by atoms with Gasteiger partial charge in [-0.05, 0) is 63.5 Å². The molecule has 1 aliphatic rings. The maximum absolute atomic E-state index is 4.32. The maximum Gasteiger partial charge on any atom is 0.0345 e. The van der Waals surface area contributed by atoms with Crippen molar-refractivity contribution in [3.63, 3.8) is 0 Å². The largest absolute Gasteiger partial charge is 0.262 e. The fourth-order valence-corrected chi connectivity index (χ4v) is 3.88. The lowest BCUT2D eigenvalue weighted by Gasteiger charge is -2.34. The molecule has 0 N–H and O–H groups in total. The van der Waals surface area contributed by atoms with Gasteiger partial charge in [-0.3, -0.25) is 4.99 Å². The summed E-state index contributed by atoms with van der Waals surface area (Å²) in [7, 11) is 0. The van der Waals surface area contributed by atoms with Crippen molar-refractivity contribution in [2.75, 3.05) is 0 Å². The Labute approximate surface area is 161 Å². The number of aliphatic imine (C=N–C) groups is 1. The molecule has 1 unspecified atom stereocenters. The zero-order valence-electron chi connectivity index (χ0n) is 17.5. The van der Waals surface area contributed by atoms with Crippen LogP contribution < -0.4 is 0 Å². The van der Waals surface area contributed by atoms with E-state index in [4.69, 9.17) is 0 Å². The van der Waals surface area contributed by atoms with E-state index in [1.165, 1.54) is 36.8 Å². The van der Waals surface area contributed by atoms with Gasteiger partial charge in [0.15, 0.2) is 0 Å². The molecule has 0 radical (unpaired) electrons. The first-order valence-corrected chi connectivity index (χ1v) is 9.82. The Morgan fingerprint density at radius 3 is 2.08 bits per heavy atom. The number of hydrogen-bond acceptors (Lipinski definition) is 1. The van der Waals surface area contributed by atoms with Crippen LogP contribution in [0.2, 0.25) is 0 Å². The van der Waals surface area contributed by atoms with Crippen LogP contribution in [-0.2, 0) is 0 Å². The molecule has 0 aromatic carbocycles. The molecule has 0 amide bonds. The molecule has 0 heterocycles. The van der Waals surface area contributed by atoms with E-state index in [9.17, 15) is 0 Å². The van der Waals surface area contributed by atoms with Crippen LogP contribution in [-0.4, -0.2) is 6.21 Å². The van der Waals surface area contributed by atoms with Crippen molar-refractivity contribution in [1.82, 2.24) is 0 Å². The number of nitrogens with zero attached hydrogens (tertiary/aromatic N) is 1. The normalized spacial score (nSPS) is 23.8. The van der Waals surface area contributed by atoms with E-state index in [1.807, 2.05) is 26.1 Å². The highest BCUT2D eigenvalue weighted by Crippen LogP contribution is 2.39. The van der Waals surface area contributed by atoms with Crippen molar-refractivity contribution in [1.29, 1.82) is 0 Å². The van der Waals surface area contributed by atoms with E-state index in [1.54, 1.807) is 0 Å². The molecule has 142 valence electrons. The first-order valence-electron chi connectivity index (χ1n) is 9.82. The van der Waals surface area contributed by atoms with Crippen molar-refractivity contribution in [2.45, 2.75) is 60.3 Å². The van der Waals surface area contributed by atoms with Crippen LogP contribution in [0.3, 0.4) is 0 Å². The lowest BCUT2D eigenvalue weighted by Crippen LogP contribution is -2.22. The van der Waals surface area contributed by atoms with E-state index in [-0.39, 0.29) is 0 Å². The molecule has 0 saturated heterocycles. The summed E-state index contributed by atoms with van der Waals surface area (Å²) in [6.07, 6.45) is 15.5. The molecular formula is C25H37N. The molecule has 0 aromatic heterocycles. The van der Waals surface area contributed by atoms with Crippen molar-refractivity contribution < 1.29 is 0 Å². The lowest BCUT2D eigenvalue weighted by molar-refractivity contribution is 0.251. The second kappa shape index (κ2) is 11.0. The summed E-state index contributed by atoms with van der Waals surface area (Å²) in [6, 6.07) is 0. The molecule has 1 fully saturated rings. The fourth-order valence-electron chi connectivity index (χ4n) is 3.88. The van der Waals surface area contributed by atoms with Gasteiger partial charge in [0.25, 0.3) is 0 Å². The van der Waals surface area contributed by atoms with Crippen LogP contribution in [0.1, 0.15) is 60.3 Å². The molecule has 1 heteroatoms. The van der Waals surface area contributed by atoms with E-state index < -0.39 is 0 Å². The molecule has 26 heavy (non-hydrogen) atoms. The summed E-state index contributed by atoms with van der Waals surface area (Å²) in [5.41, 5.74) is 5.61.